The first kappa shape index (κ1) is 21.6. The number of fused-ring (bicyclic) bond motifs is 2. The lowest BCUT2D eigenvalue weighted by atomic mass is 10.0. The van der Waals surface area contributed by atoms with E-state index in [-0.39, 0.29) is 23.2 Å². The number of aromatic nitrogens is 3. The van der Waals surface area contributed by atoms with Crippen molar-refractivity contribution in [3.05, 3.63) is 106 Å². The monoisotopic (exact) mass is 450 g/mol. The summed E-state index contributed by atoms with van der Waals surface area (Å²) in [5, 5.41) is 9.88. The van der Waals surface area contributed by atoms with Crippen LogP contribution in [0.5, 0.6) is 0 Å². The van der Waals surface area contributed by atoms with E-state index in [0.29, 0.717) is 16.8 Å². The molecule has 170 valence electrons. The Labute approximate surface area is 197 Å². The fraction of sp³-hybridized carbons (Fsp3) is 0.179. The van der Waals surface area contributed by atoms with Crippen LogP contribution in [0.2, 0.25) is 0 Å². The molecule has 2 heterocycles. The molecule has 6 heteroatoms. The lowest BCUT2D eigenvalue weighted by molar-refractivity contribution is 0.0929. The summed E-state index contributed by atoms with van der Waals surface area (Å²) in [5.41, 5.74) is 4.33. The maximum Gasteiger partial charge on any atom is 0.274 e. The smallest absolute Gasteiger partial charge is 0.274 e. The van der Waals surface area contributed by atoms with Crippen molar-refractivity contribution in [1.82, 2.24) is 19.9 Å². The normalized spacial score (nSPS) is 12.2. The number of carbonyl (C=O) groups is 1. The molecule has 5 rings (SSSR count). The van der Waals surface area contributed by atoms with Crippen molar-refractivity contribution in [2.24, 2.45) is 0 Å². The first-order valence-electron chi connectivity index (χ1n) is 11.4. The molecule has 0 radical (unpaired) electrons. The van der Waals surface area contributed by atoms with Gasteiger partial charge in [0.25, 0.3) is 11.5 Å². The molecule has 0 bridgehead atoms. The van der Waals surface area contributed by atoms with Crippen LogP contribution >= 0.6 is 0 Å². The molecule has 0 fully saturated rings. The van der Waals surface area contributed by atoms with Crippen molar-refractivity contribution in [3.63, 3.8) is 0 Å². The van der Waals surface area contributed by atoms with Crippen molar-refractivity contribution < 1.29 is 4.79 Å². The molecule has 0 unspecified atom stereocenters. The molecule has 5 aromatic rings. The Hall–Kier alpha value is -4.19. The molecule has 0 saturated carbocycles. The van der Waals surface area contributed by atoms with Crippen LogP contribution in [0, 0.1) is 13.8 Å². The molecular weight excluding hydrogens is 424 g/mol. The molecule has 0 aliphatic rings. The Morgan fingerprint density at radius 3 is 2.44 bits per heavy atom. The minimum atomic E-state index is -0.289. The van der Waals surface area contributed by atoms with E-state index in [4.69, 9.17) is 0 Å². The van der Waals surface area contributed by atoms with Gasteiger partial charge in [-0.15, -0.1) is 0 Å². The number of nitrogens with zero attached hydrogens (tertiary/aromatic N) is 2. The van der Waals surface area contributed by atoms with Crippen LogP contribution in [-0.2, 0) is 0 Å². The van der Waals surface area contributed by atoms with Gasteiger partial charge >= 0.3 is 0 Å². The maximum atomic E-state index is 13.2. The molecule has 1 atom stereocenters. The zero-order valence-electron chi connectivity index (χ0n) is 19.4. The van der Waals surface area contributed by atoms with Gasteiger partial charge in [0.1, 0.15) is 5.52 Å². The molecule has 2 N–H and O–H groups in total. The number of carbonyl (C=O) groups excluding carboxylic acids is 1. The highest BCUT2D eigenvalue weighted by Crippen LogP contribution is 2.26. The van der Waals surface area contributed by atoms with Crippen molar-refractivity contribution >= 4 is 22.2 Å². The number of rotatable bonds is 5. The van der Waals surface area contributed by atoms with E-state index in [9.17, 15) is 9.59 Å². The molecule has 0 saturated heterocycles. The molecule has 34 heavy (non-hydrogen) atoms. The fourth-order valence-corrected chi connectivity index (χ4v) is 4.55. The molecule has 2 aromatic heterocycles. The van der Waals surface area contributed by atoms with E-state index < -0.39 is 0 Å². The number of benzene rings is 3. The SMILES string of the molecule is CC[C@@H](NC(=O)c1nn2c(C)c(-c3ccc4ccccc4c3)[nH]c(=O)c2c1C)c1ccccc1. The fourth-order valence-electron chi connectivity index (χ4n) is 4.55. The summed E-state index contributed by atoms with van der Waals surface area (Å²) >= 11 is 0. The van der Waals surface area contributed by atoms with E-state index in [2.05, 4.69) is 27.5 Å². The minimum absolute atomic E-state index is 0.134. The third kappa shape index (κ3) is 3.67. The highest BCUT2D eigenvalue weighted by molar-refractivity contribution is 5.96. The maximum absolute atomic E-state index is 13.2. The van der Waals surface area contributed by atoms with E-state index in [1.54, 1.807) is 11.4 Å². The number of hydrogen-bond donors (Lipinski definition) is 2. The molecule has 1 amide bonds. The van der Waals surface area contributed by atoms with Crippen LogP contribution < -0.4 is 10.9 Å². The first-order chi connectivity index (χ1) is 16.5. The third-order valence-corrected chi connectivity index (χ3v) is 6.42. The highest BCUT2D eigenvalue weighted by atomic mass is 16.2. The summed E-state index contributed by atoms with van der Waals surface area (Å²) in [4.78, 5) is 29.3. The lowest BCUT2D eigenvalue weighted by Gasteiger charge is -2.16. The average molecular weight is 451 g/mol. The third-order valence-electron chi connectivity index (χ3n) is 6.42. The van der Waals surface area contributed by atoms with Gasteiger partial charge in [0.15, 0.2) is 5.69 Å². The van der Waals surface area contributed by atoms with E-state index in [1.165, 1.54) is 0 Å². The molecule has 0 aliphatic carbocycles. The van der Waals surface area contributed by atoms with Crippen LogP contribution in [0.3, 0.4) is 0 Å². The van der Waals surface area contributed by atoms with Gasteiger partial charge in [0.2, 0.25) is 0 Å². The molecule has 3 aromatic carbocycles. The lowest BCUT2D eigenvalue weighted by Crippen LogP contribution is -2.29. The molecule has 0 spiro atoms. The Kier molecular flexibility index (Phi) is 5.49. The second kappa shape index (κ2) is 8.63. The van der Waals surface area contributed by atoms with Gasteiger partial charge in [0, 0.05) is 11.1 Å². The largest absolute Gasteiger partial charge is 0.344 e. The van der Waals surface area contributed by atoms with Crippen molar-refractivity contribution in [2.75, 3.05) is 0 Å². The van der Waals surface area contributed by atoms with Crippen LogP contribution in [0.15, 0.2) is 77.6 Å². The highest BCUT2D eigenvalue weighted by Gasteiger charge is 2.23. The number of hydrogen-bond acceptors (Lipinski definition) is 3. The summed E-state index contributed by atoms with van der Waals surface area (Å²) in [6, 6.07) is 23.9. The number of nitrogens with one attached hydrogen (secondary N) is 2. The van der Waals surface area contributed by atoms with E-state index in [1.807, 2.05) is 74.5 Å². The molecular formula is C28H26N4O2. The Morgan fingerprint density at radius 1 is 1.00 bits per heavy atom. The summed E-state index contributed by atoms with van der Waals surface area (Å²) in [7, 11) is 0. The van der Waals surface area contributed by atoms with Crippen LogP contribution in [-0.4, -0.2) is 20.5 Å². The average Bonchev–Trinajstić information content (AvgIpc) is 3.23. The van der Waals surface area contributed by atoms with Gasteiger partial charge in [0.05, 0.1) is 17.4 Å². The minimum Gasteiger partial charge on any atom is -0.344 e. The van der Waals surface area contributed by atoms with Crippen LogP contribution in [0.1, 0.15) is 46.7 Å². The number of aryl methyl sites for hydroxylation is 2. The topological polar surface area (TPSA) is 79.3 Å². The summed E-state index contributed by atoms with van der Waals surface area (Å²) < 4.78 is 1.59. The number of H-pyrrole nitrogens is 1. The second-order valence-electron chi connectivity index (χ2n) is 8.56. The summed E-state index contributed by atoms with van der Waals surface area (Å²) in [6.07, 6.45) is 0.744. The van der Waals surface area contributed by atoms with E-state index in [0.717, 1.165) is 34.0 Å². The summed E-state index contributed by atoms with van der Waals surface area (Å²) in [6.45, 7) is 5.70. The predicted octanol–water partition coefficient (Wildman–Crippen LogP) is 5.34. The van der Waals surface area contributed by atoms with Gasteiger partial charge in [-0.05, 0) is 42.7 Å². The van der Waals surface area contributed by atoms with Gasteiger partial charge in [-0.3, -0.25) is 9.59 Å². The Balaban J connectivity index is 1.57. The number of amides is 1. The predicted molar refractivity (Wildman–Crippen MR) is 135 cm³/mol. The zero-order chi connectivity index (χ0) is 23.8. The van der Waals surface area contributed by atoms with Gasteiger partial charge in [-0.2, -0.15) is 5.10 Å². The number of aromatic amines is 1. The van der Waals surface area contributed by atoms with Crippen LogP contribution in [0.25, 0.3) is 27.5 Å². The molecule has 0 aliphatic heterocycles. The standard InChI is InChI=1S/C28H26N4O2/c1-4-23(20-11-6-5-7-12-20)29-27(33)24-17(2)26-28(34)30-25(18(3)32(26)31-24)22-15-14-19-10-8-9-13-21(19)16-22/h5-16,23H,4H2,1-3H3,(H,29,33)(H,30,34)/t23-/m1/s1. The van der Waals surface area contributed by atoms with Crippen molar-refractivity contribution in [2.45, 2.75) is 33.2 Å². The zero-order valence-corrected chi connectivity index (χ0v) is 19.4. The van der Waals surface area contributed by atoms with Gasteiger partial charge in [-0.25, -0.2) is 4.52 Å². The summed E-state index contributed by atoms with van der Waals surface area (Å²) in [5.74, 6) is -0.289. The Bertz CT molecular complexity index is 1580. The second-order valence-corrected chi connectivity index (χ2v) is 8.56. The quantitative estimate of drug-likeness (QED) is 0.379. The van der Waals surface area contributed by atoms with Crippen molar-refractivity contribution in [3.8, 4) is 11.3 Å². The Morgan fingerprint density at radius 2 is 1.71 bits per heavy atom. The van der Waals surface area contributed by atoms with Gasteiger partial charge in [-0.1, -0.05) is 73.7 Å². The van der Waals surface area contributed by atoms with Crippen LogP contribution in [0.4, 0.5) is 0 Å². The van der Waals surface area contributed by atoms with Crippen molar-refractivity contribution in [1.29, 1.82) is 0 Å². The molecule has 6 nitrogen and oxygen atoms in total. The van der Waals surface area contributed by atoms with Gasteiger partial charge < -0.3 is 10.3 Å². The first-order valence-corrected chi connectivity index (χ1v) is 11.4. The van der Waals surface area contributed by atoms with E-state index >= 15 is 0 Å².